The van der Waals surface area contributed by atoms with Crippen LogP contribution in [0.4, 0.5) is 0 Å². The van der Waals surface area contributed by atoms with E-state index >= 15 is 0 Å². The van der Waals surface area contributed by atoms with Crippen molar-refractivity contribution in [3.05, 3.63) is 27.0 Å². The van der Waals surface area contributed by atoms with Gasteiger partial charge in [0.05, 0.1) is 15.1 Å². The summed E-state index contributed by atoms with van der Waals surface area (Å²) in [5, 5.41) is 11.1. The third-order valence-electron chi connectivity index (χ3n) is 2.52. The molecule has 1 amide bonds. The first kappa shape index (κ1) is 15.1. The number of thiophene rings is 1. The maximum absolute atomic E-state index is 12.1. The van der Waals surface area contributed by atoms with E-state index in [9.17, 15) is 9.59 Å². The summed E-state index contributed by atoms with van der Waals surface area (Å²) in [5.74, 6) is -1.18. The van der Waals surface area contributed by atoms with Gasteiger partial charge in [0.25, 0.3) is 5.91 Å². The molecule has 5 nitrogen and oxygen atoms in total. The monoisotopic (exact) mass is 374 g/mol. The molecule has 0 aliphatic heterocycles. The number of nitrogens with zero attached hydrogens (tertiary/aromatic N) is 2. The summed E-state index contributed by atoms with van der Waals surface area (Å²) in [4.78, 5) is 29.3. The summed E-state index contributed by atoms with van der Waals surface area (Å²) < 4.78 is 1.01. The first-order valence-electron chi connectivity index (χ1n) is 5.66. The van der Waals surface area contributed by atoms with Gasteiger partial charge >= 0.3 is 5.97 Å². The molecule has 106 valence electrons. The van der Waals surface area contributed by atoms with Crippen molar-refractivity contribution in [1.82, 2.24) is 9.88 Å². The number of carboxylic acid groups (broad SMARTS) is 1. The van der Waals surface area contributed by atoms with E-state index in [1.165, 1.54) is 16.2 Å². The average molecular weight is 375 g/mol. The molecule has 20 heavy (non-hydrogen) atoms. The SMILES string of the molecule is CN(CCC(=O)O)C(=O)c1csc(-c2ccc(Br)s2)n1. The molecule has 2 aromatic heterocycles. The molecule has 0 aliphatic rings. The van der Waals surface area contributed by atoms with Gasteiger partial charge in [-0.05, 0) is 28.1 Å². The number of hydrogen-bond donors (Lipinski definition) is 1. The molecule has 8 heteroatoms. The Labute approximate surface area is 132 Å². The molecule has 0 spiro atoms. The maximum atomic E-state index is 12.1. The van der Waals surface area contributed by atoms with Crippen LogP contribution in [0, 0.1) is 0 Å². The molecule has 2 rings (SSSR count). The fraction of sp³-hybridized carbons (Fsp3) is 0.250. The van der Waals surface area contributed by atoms with Crippen LogP contribution in [0.1, 0.15) is 16.9 Å². The molecule has 0 unspecified atom stereocenters. The molecule has 2 aromatic rings. The molecule has 1 N–H and O–H groups in total. The first-order chi connectivity index (χ1) is 9.47. The largest absolute Gasteiger partial charge is 0.481 e. The molecular weight excluding hydrogens is 364 g/mol. The van der Waals surface area contributed by atoms with Crippen molar-refractivity contribution < 1.29 is 14.7 Å². The van der Waals surface area contributed by atoms with E-state index in [-0.39, 0.29) is 18.9 Å². The van der Waals surface area contributed by atoms with Gasteiger partial charge in [0.2, 0.25) is 0 Å². The minimum Gasteiger partial charge on any atom is -0.481 e. The Kier molecular flexibility index (Phi) is 4.90. The van der Waals surface area contributed by atoms with Crippen molar-refractivity contribution in [1.29, 1.82) is 0 Å². The van der Waals surface area contributed by atoms with E-state index in [0.29, 0.717) is 5.69 Å². The zero-order valence-electron chi connectivity index (χ0n) is 10.5. The van der Waals surface area contributed by atoms with Crippen LogP contribution >= 0.6 is 38.6 Å². The predicted octanol–water partition coefficient (Wildman–Crippen LogP) is 3.18. The van der Waals surface area contributed by atoms with E-state index in [4.69, 9.17) is 5.11 Å². The van der Waals surface area contributed by atoms with Crippen LogP contribution in [-0.2, 0) is 4.79 Å². The number of aliphatic carboxylic acids is 1. The van der Waals surface area contributed by atoms with Gasteiger partial charge in [-0.1, -0.05) is 0 Å². The topological polar surface area (TPSA) is 70.5 Å². The molecule has 2 heterocycles. The van der Waals surface area contributed by atoms with Crippen LogP contribution in [0.3, 0.4) is 0 Å². The molecule has 0 radical (unpaired) electrons. The van der Waals surface area contributed by atoms with Crippen molar-refractivity contribution in [2.75, 3.05) is 13.6 Å². The van der Waals surface area contributed by atoms with Crippen molar-refractivity contribution in [3.8, 4) is 9.88 Å². The number of halogens is 1. The van der Waals surface area contributed by atoms with E-state index in [1.54, 1.807) is 23.8 Å². The van der Waals surface area contributed by atoms with Crippen molar-refractivity contribution in [2.45, 2.75) is 6.42 Å². The van der Waals surface area contributed by atoms with Gasteiger partial charge in [0.15, 0.2) is 0 Å². The molecule has 0 atom stereocenters. The summed E-state index contributed by atoms with van der Waals surface area (Å²) in [7, 11) is 1.58. The number of thiazole rings is 1. The number of aromatic nitrogens is 1. The van der Waals surface area contributed by atoms with Gasteiger partial charge in [-0.15, -0.1) is 22.7 Å². The zero-order valence-corrected chi connectivity index (χ0v) is 13.7. The summed E-state index contributed by atoms with van der Waals surface area (Å²) in [6.45, 7) is 0.172. The smallest absolute Gasteiger partial charge is 0.305 e. The quantitative estimate of drug-likeness (QED) is 0.872. The van der Waals surface area contributed by atoms with Crippen LogP contribution in [-0.4, -0.2) is 40.5 Å². The van der Waals surface area contributed by atoms with Crippen LogP contribution in [0.2, 0.25) is 0 Å². The Balaban J connectivity index is 2.08. The Bertz CT molecular complexity index is 638. The number of carboxylic acids is 1. The van der Waals surface area contributed by atoms with E-state index in [2.05, 4.69) is 20.9 Å². The molecule has 0 aliphatic carbocycles. The Hall–Kier alpha value is -1.25. The van der Waals surface area contributed by atoms with Gasteiger partial charge in [0, 0.05) is 19.0 Å². The van der Waals surface area contributed by atoms with Crippen molar-refractivity contribution in [2.24, 2.45) is 0 Å². The fourth-order valence-corrected chi connectivity index (χ4v) is 3.73. The standard InChI is InChI=1S/C12H11BrN2O3S2/c1-15(5-4-10(16)17)12(18)7-6-19-11(14-7)8-2-3-9(13)20-8/h2-3,6H,4-5H2,1H3,(H,16,17). The molecular formula is C12H11BrN2O3S2. The summed E-state index contributed by atoms with van der Waals surface area (Å²) in [6, 6.07) is 3.87. The van der Waals surface area contributed by atoms with Crippen molar-refractivity contribution in [3.63, 3.8) is 0 Å². The summed E-state index contributed by atoms with van der Waals surface area (Å²) >= 11 is 6.34. The lowest BCUT2D eigenvalue weighted by molar-refractivity contribution is -0.137. The third-order valence-corrected chi connectivity index (χ3v) is 5.15. The fourth-order valence-electron chi connectivity index (χ4n) is 1.47. The van der Waals surface area contributed by atoms with Crippen LogP contribution in [0.25, 0.3) is 9.88 Å². The Morgan fingerprint density at radius 3 is 2.80 bits per heavy atom. The highest BCUT2D eigenvalue weighted by Crippen LogP contribution is 2.33. The van der Waals surface area contributed by atoms with Crippen LogP contribution < -0.4 is 0 Å². The molecule has 0 saturated carbocycles. The van der Waals surface area contributed by atoms with E-state index in [0.717, 1.165) is 13.7 Å². The van der Waals surface area contributed by atoms with Gasteiger partial charge < -0.3 is 10.0 Å². The number of amides is 1. The van der Waals surface area contributed by atoms with Crippen LogP contribution in [0.5, 0.6) is 0 Å². The lowest BCUT2D eigenvalue weighted by Crippen LogP contribution is -2.29. The predicted molar refractivity (Wildman–Crippen MR) is 82.3 cm³/mol. The zero-order chi connectivity index (χ0) is 14.7. The van der Waals surface area contributed by atoms with Crippen molar-refractivity contribution >= 4 is 50.5 Å². The third kappa shape index (κ3) is 3.65. The Morgan fingerprint density at radius 2 is 2.20 bits per heavy atom. The summed E-state index contributed by atoms with van der Waals surface area (Å²) in [5.41, 5.74) is 0.349. The van der Waals surface area contributed by atoms with E-state index in [1.807, 2.05) is 12.1 Å². The highest BCUT2D eigenvalue weighted by molar-refractivity contribution is 9.11. The van der Waals surface area contributed by atoms with Crippen LogP contribution in [0.15, 0.2) is 21.3 Å². The highest BCUT2D eigenvalue weighted by atomic mass is 79.9. The van der Waals surface area contributed by atoms with Gasteiger partial charge in [0.1, 0.15) is 10.7 Å². The van der Waals surface area contributed by atoms with Gasteiger partial charge in [-0.25, -0.2) is 4.98 Å². The number of carbonyl (C=O) groups excluding carboxylic acids is 1. The average Bonchev–Trinajstić information content (AvgIpc) is 3.03. The van der Waals surface area contributed by atoms with E-state index < -0.39 is 5.97 Å². The maximum Gasteiger partial charge on any atom is 0.305 e. The minimum absolute atomic E-state index is 0.0723. The minimum atomic E-state index is -0.924. The number of rotatable bonds is 5. The number of hydrogen-bond acceptors (Lipinski definition) is 5. The second-order valence-electron chi connectivity index (χ2n) is 4.01. The normalized spacial score (nSPS) is 10.5. The lowest BCUT2D eigenvalue weighted by atomic mass is 10.3. The Morgan fingerprint density at radius 1 is 1.45 bits per heavy atom. The van der Waals surface area contributed by atoms with Gasteiger partial charge in [-0.3, -0.25) is 9.59 Å². The second-order valence-corrected chi connectivity index (χ2v) is 7.33. The molecule has 0 fully saturated rings. The lowest BCUT2D eigenvalue weighted by Gasteiger charge is -2.13. The molecule has 0 saturated heterocycles. The number of carbonyl (C=O) groups is 2. The van der Waals surface area contributed by atoms with Gasteiger partial charge in [-0.2, -0.15) is 0 Å². The molecule has 0 aromatic carbocycles. The summed E-state index contributed by atoms with van der Waals surface area (Å²) in [6.07, 6.45) is -0.0723. The highest BCUT2D eigenvalue weighted by Gasteiger charge is 2.17. The first-order valence-corrected chi connectivity index (χ1v) is 8.15. The second kappa shape index (κ2) is 6.47. The molecule has 0 bridgehead atoms.